The van der Waals surface area contributed by atoms with Crippen molar-refractivity contribution in [2.24, 2.45) is 0 Å². The summed E-state index contributed by atoms with van der Waals surface area (Å²) in [5, 5.41) is 15.4. The van der Waals surface area contributed by atoms with Crippen LogP contribution < -0.4 is 15.5 Å². The zero-order valence-electron chi connectivity index (χ0n) is 21.4. The molecule has 2 aromatic heterocycles. The molecule has 0 fully saturated rings. The summed E-state index contributed by atoms with van der Waals surface area (Å²) in [6, 6.07) is 9.95. The van der Waals surface area contributed by atoms with Crippen LogP contribution in [0, 0.1) is 11.5 Å². The van der Waals surface area contributed by atoms with E-state index in [4.69, 9.17) is 16.0 Å². The Hall–Kier alpha value is -3.72. The van der Waals surface area contributed by atoms with E-state index < -0.39 is 20.1 Å². The third kappa shape index (κ3) is 7.16. The summed E-state index contributed by atoms with van der Waals surface area (Å²) in [6.07, 6.45) is 4.84. The lowest BCUT2D eigenvalue weighted by Crippen LogP contribution is -2.42. The molecule has 0 saturated carbocycles. The lowest BCUT2D eigenvalue weighted by Gasteiger charge is -2.36. The monoisotopic (exact) mass is 539 g/mol. The normalized spacial score (nSPS) is 11.5. The van der Waals surface area contributed by atoms with Crippen molar-refractivity contribution in [2.75, 3.05) is 28.7 Å². The average molecular weight is 540 g/mol. The fourth-order valence-electron chi connectivity index (χ4n) is 3.03. The number of nitrogens with zero attached hydrogens (tertiary/aromatic N) is 4. The molecule has 0 radical (unpaired) electrons. The molecule has 3 aromatic rings. The zero-order chi connectivity index (χ0) is 27.2. The van der Waals surface area contributed by atoms with Crippen LogP contribution in [-0.4, -0.2) is 48.2 Å². The number of imidazole rings is 1. The smallest absolute Gasteiger partial charge is 0.276 e. The van der Waals surface area contributed by atoms with Gasteiger partial charge in [-0.05, 0) is 54.5 Å². The van der Waals surface area contributed by atoms with E-state index in [2.05, 4.69) is 65.6 Å². The fraction of sp³-hybridized carbons (Fsp3) is 0.320. The van der Waals surface area contributed by atoms with Crippen molar-refractivity contribution in [1.82, 2.24) is 15.0 Å². The molecule has 0 aliphatic heterocycles. The minimum Gasteiger partial charge on any atom is -0.415 e. The van der Waals surface area contributed by atoms with Crippen LogP contribution in [0.5, 0.6) is 0 Å². The molecule has 0 saturated heterocycles. The van der Waals surface area contributed by atoms with Crippen molar-refractivity contribution in [3.8, 4) is 6.19 Å². The Morgan fingerprint density at radius 2 is 1.81 bits per heavy atom. The van der Waals surface area contributed by atoms with E-state index in [0.29, 0.717) is 29.5 Å². The third-order valence-corrected chi connectivity index (χ3v) is 11.0. The van der Waals surface area contributed by atoms with E-state index in [9.17, 15) is 14.9 Å². The predicted molar refractivity (Wildman–Crippen MR) is 146 cm³/mol. The summed E-state index contributed by atoms with van der Waals surface area (Å²) in [5.74, 6) is -0.858. The fourth-order valence-corrected chi connectivity index (χ4v) is 4.17. The first-order chi connectivity index (χ1) is 17.4. The van der Waals surface area contributed by atoms with E-state index in [1.165, 1.54) is 12.5 Å². The molecule has 12 heteroatoms. The summed E-state index contributed by atoms with van der Waals surface area (Å²) in [4.78, 5) is 37.6. The quantitative estimate of drug-likeness (QED) is 0.191. The van der Waals surface area contributed by atoms with Crippen LogP contribution in [0.4, 0.5) is 17.2 Å². The highest BCUT2D eigenvalue weighted by atomic mass is 35.5. The number of H-pyrrole nitrogens is 1. The molecule has 0 aliphatic rings. The molecule has 0 spiro atoms. The van der Waals surface area contributed by atoms with Crippen molar-refractivity contribution in [3.63, 3.8) is 0 Å². The second-order valence-electron chi connectivity index (χ2n) is 9.80. The van der Waals surface area contributed by atoms with Crippen molar-refractivity contribution in [1.29, 1.82) is 5.26 Å². The van der Waals surface area contributed by atoms with Crippen LogP contribution in [0.1, 0.15) is 41.7 Å². The standard InChI is InChI=1S/C25H30ClN7O3Si/c1-25(2,3)37(4,5)36-13-12-33(15-27)19-9-7-18(8-10-19)31-23(34)21-22(30-16-29-21)24(35)32-20-11-6-17(26)14-28-20/h6-11,14,16H,12-13H2,1-5H3,(H,29,30)(H,31,34)(H,28,32,35). The summed E-state index contributed by atoms with van der Waals surface area (Å²) in [5.41, 5.74) is 1.08. The van der Waals surface area contributed by atoms with Gasteiger partial charge in [0, 0.05) is 11.9 Å². The van der Waals surface area contributed by atoms with Crippen molar-refractivity contribution < 1.29 is 14.0 Å². The third-order valence-electron chi connectivity index (χ3n) is 6.19. The van der Waals surface area contributed by atoms with E-state index in [0.717, 1.165) is 0 Å². The maximum absolute atomic E-state index is 12.8. The van der Waals surface area contributed by atoms with Gasteiger partial charge in [-0.2, -0.15) is 5.26 Å². The Bertz CT molecular complexity index is 1280. The lowest BCUT2D eigenvalue weighted by molar-refractivity contribution is 0.0985. The molecular formula is C25H30ClN7O3Si. The first kappa shape index (κ1) is 27.9. The second-order valence-corrected chi connectivity index (χ2v) is 15.0. The summed E-state index contributed by atoms with van der Waals surface area (Å²) < 4.78 is 6.18. The molecule has 194 valence electrons. The van der Waals surface area contributed by atoms with Gasteiger partial charge >= 0.3 is 0 Å². The number of hydrogen-bond donors (Lipinski definition) is 3. The number of benzene rings is 1. The highest BCUT2D eigenvalue weighted by Crippen LogP contribution is 2.36. The molecule has 3 N–H and O–H groups in total. The van der Waals surface area contributed by atoms with Crippen LogP contribution in [0.3, 0.4) is 0 Å². The van der Waals surface area contributed by atoms with Crippen molar-refractivity contribution in [3.05, 3.63) is 65.3 Å². The molecule has 37 heavy (non-hydrogen) atoms. The second kappa shape index (κ2) is 11.6. The van der Waals surface area contributed by atoms with E-state index in [1.54, 1.807) is 41.3 Å². The Morgan fingerprint density at radius 1 is 1.11 bits per heavy atom. The summed E-state index contributed by atoms with van der Waals surface area (Å²) >= 11 is 5.81. The summed E-state index contributed by atoms with van der Waals surface area (Å²) in [6.45, 7) is 11.7. The van der Waals surface area contributed by atoms with Crippen LogP contribution in [0.2, 0.25) is 23.2 Å². The molecule has 0 unspecified atom stereocenters. The minimum absolute atomic E-state index is 0.0109. The molecule has 1 aromatic carbocycles. The maximum atomic E-state index is 12.8. The number of halogens is 1. The first-order valence-electron chi connectivity index (χ1n) is 11.6. The molecule has 0 atom stereocenters. The maximum Gasteiger partial charge on any atom is 0.276 e. The SMILES string of the molecule is CC(C)(C)[Si](C)(C)OCCN(C#N)c1ccc(NC(=O)c2nc[nH]c2C(=O)Nc2ccc(Cl)cn2)cc1. The van der Waals surface area contributed by atoms with Gasteiger partial charge in [0.05, 0.1) is 30.2 Å². The Labute approximate surface area is 222 Å². The highest BCUT2D eigenvalue weighted by molar-refractivity contribution is 6.74. The van der Waals surface area contributed by atoms with Gasteiger partial charge < -0.3 is 20.0 Å². The van der Waals surface area contributed by atoms with Gasteiger partial charge in [0.25, 0.3) is 11.8 Å². The van der Waals surface area contributed by atoms with Crippen LogP contribution in [0.15, 0.2) is 48.9 Å². The predicted octanol–water partition coefficient (Wildman–Crippen LogP) is 5.27. The molecule has 10 nitrogen and oxygen atoms in total. The van der Waals surface area contributed by atoms with Gasteiger partial charge in [0.1, 0.15) is 11.5 Å². The number of carbonyl (C=O) groups is 2. The highest BCUT2D eigenvalue weighted by Gasteiger charge is 2.37. The topological polar surface area (TPSA) is 136 Å². The molecule has 0 aliphatic carbocycles. The van der Waals surface area contributed by atoms with E-state index in [1.807, 2.05) is 0 Å². The number of amides is 2. The Kier molecular flexibility index (Phi) is 8.70. The zero-order valence-corrected chi connectivity index (χ0v) is 23.2. The molecule has 2 heterocycles. The number of anilines is 3. The Morgan fingerprint density at radius 3 is 2.41 bits per heavy atom. The van der Waals surface area contributed by atoms with Gasteiger partial charge in [-0.3, -0.25) is 14.5 Å². The number of nitrogens with one attached hydrogen (secondary N) is 3. The van der Waals surface area contributed by atoms with Crippen LogP contribution in [-0.2, 0) is 4.43 Å². The molecule has 2 amide bonds. The van der Waals surface area contributed by atoms with Gasteiger partial charge in [0.15, 0.2) is 20.2 Å². The number of rotatable bonds is 9. The number of aromatic amines is 1. The number of hydrogen-bond acceptors (Lipinski definition) is 7. The molecular weight excluding hydrogens is 510 g/mol. The van der Waals surface area contributed by atoms with Crippen LogP contribution in [0.25, 0.3) is 0 Å². The first-order valence-corrected chi connectivity index (χ1v) is 14.9. The molecule has 0 bridgehead atoms. The van der Waals surface area contributed by atoms with E-state index in [-0.39, 0.29) is 22.2 Å². The lowest BCUT2D eigenvalue weighted by atomic mass is 10.2. The van der Waals surface area contributed by atoms with Gasteiger partial charge in [-0.25, -0.2) is 9.97 Å². The summed E-state index contributed by atoms with van der Waals surface area (Å²) in [7, 11) is -1.91. The van der Waals surface area contributed by atoms with Gasteiger partial charge in [-0.1, -0.05) is 32.4 Å². The molecule has 3 rings (SSSR count). The number of carbonyl (C=O) groups excluding carboxylic acids is 2. The van der Waals surface area contributed by atoms with Crippen molar-refractivity contribution >= 4 is 48.9 Å². The number of aromatic nitrogens is 3. The van der Waals surface area contributed by atoms with Crippen LogP contribution >= 0.6 is 11.6 Å². The van der Waals surface area contributed by atoms with E-state index >= 15 is 0 Å². The Balaban J connectivity index is 1.61. The number of nitriles is 1. The van der Waals surface area contributed by atoms with Gasteiger partial charge in [0.2, 0.25) is 0 Å². The average Bonchev–Trinajstić information content (AvgIpc) is 3.34. The largest absolute Gasteiger partial charge is 0.415 e. The van der Waals surface area contributed by atoms with Crippen molar-refractivity contribution in [2.45, 2.75) is 38.9 Å². The number of pyridine rings is 1. The minimum atomic E-state index is -1.91. The van der Waals surface area contributed by atoms with Gasteiger partial charge in [-0.15, -0.1) is 0 Å².